The fourth-order valence-electron chi connectivity index (χ4n) is 1.69. The molecule has 2 atom stereocenters. The van der Waals surface area contributed by atoms with Gasteiger partial charge in [0.05, 0.1) is 13.2 Å². The lowest BCUT2D eigenvalue weighted by atomic mass is 10.1. The van der Waals surface area contributed by atoms with Gasteiger partial charge in [-0.1, -0.05) is 0 Å². The van der Waals surface area contributed by atoms with Gasteiger partial charge < -0.3 is 15.2 Å². The van der Waals surface area contributed by atoms with Crippen LogP contribution in [0.2, 0.25) is 0 Å². The van der Waals surface area contributed by atoms with Crippen molar-refractivity contribution in [3.05, 3.63) is 0 Å². The van der Waals surface area contributed by atoms with Crippen LogP contribution in [0.3, 0.4) is 0 Å². The molecule has 1 saturated heterocycles. The zero-order valence-corrected chi connectivity index (χ0v) is 8.90. The average Bonchev–Trinajstić information content (AvgIpc) is 2.17. The molecule has 2 N–H and O–H groups in total. The van der Waals surface area contributed by atoms with E-state index in [4.69, 9.17) is 9.84 Å². The minimum atomic E-state index is -0.919. The number of methoxy groups -OCH3 is 1. The maximum absolute atomic E-state index is 11.2. The maximum atomic E-state index is 11.2. The number of carboxylic acids is 1. The van der Waals surface area contributed by atoms with Crippen LogP contribution in [0.1, 0.15) is 6.92 Å². The Morgan fingerprint density at radius 1 is 1.80 bits per heavy atom. The van der Waals surface area contributed by atoms with E-state index in [0.717, 1.165) is 0 Å². The first-order valence-electron chi connectivity index (χ1n) is 4.80. The summed E-state index contributed by atoms with van der Waals surface area (Å²) < 4.78 is 4.95. The monoisotopic (exact) mass is 216 g/mol. The molecule has 1 fully saturated rings. The third-order valence-electron chi connectivity index (χ3n) is 2.48. The smallest absolute Gasteiger partial charge is 0.322 e. The number of carboxylic acid groups (broad SMARTS) is 1. The predicted octanol–water partition coefficient (Wildman–Crippen LogP) is -1.09. The molecule has 0 radical (unpaired) electrons. The van der Waals surface area contributed by atoms with Crippen LogP contribution in [0.4, 0.5) is 0 Å². The number of hydrogen-bond acceptors (Lipinski definition) is 4. The highest BCUT2D eigenvalue weighted by Gasteiger charge is 2.34. The van der Waals surface area contributed by atoms with Crippen molar-refractivity contribution in [2.24, 2.45) is 0 Å². The standard InChI is InChI=1S/C9H16N2O4/c1-6(5-15-2)11-4-8(12)10-3-7(11)9(13)14/h6-7H,3-5H2,1-2H3,(H,10,12)(H,13,14). The first-order chi connectivity index (χ1) is 7.06. The number of rotatable bonds is 4. The largest absolute Gasteiger partial charge is 0.480 e. The van der Waals surface area contributed by atoms with Gasteiger partial charge in [-0.3, -0.25) is 14.5 Å². The fourth-order valence-corrected chi connectivity index (χ4v) is 1.69. The van der Waals surface area contributed by atoms with Crippen molar-refractivity contribution in [3.63, 3.8) is 0 Å². The second-order valence-corrected chi connectivity index (χ2v) is 3.63. The maximum Gasteiger partial charge on any atom is 0.322 e. The van der Waals surface area contributed by atoms with Crippen molar-refractivity contribution in [2.75, 3.05) is 26.8 Å². The Labute approximate surface area is 88.2 Å². The molecule has 1 aliphatic rings. The highest BCUT2D eigenvalue weighted by molar-refractivity contribution is 5.83. The summed E-state index contributed by atoms with van der Waals surface area (Å²) in [5, 5.41) is 11.5. The van der Waals surface area contributed by atoms with Gasteiger partial charge in [0.15, 0.2) is 0 Å². The van der Waals surface area contributed by atoms with Gasteiger partial charge in [0.25, 0.3) is 0 Å². The molecule has 2 unspecified atom stereocenters. The topological polar surface area (TPSA) is 78.9 Å². The molecular formula is C9H16N2O4. The van der Waals surface area contributed by atoms with Crippen LogP contribution in [0.15, 0.2) is 0 Å². The van der Waals surface area contributed by atoms with Crippen molar-refractivity contribution in [1.82, 2.24) is 10.2 Å². The zero-order chi connectivity index (χ0) is 11.4. The summed E-state index contributed by atoms with van der Waals surface area (Å²) in [5.74, 6) is -1.06. The quantitative estimate of drug-likeness (QED) is 0.624. The zero-order valence-electron chi connectivity index (χ0n) is 8.90. The first kappa shape index (κ1) is 11.9. The van der Waals surface area contributed by atoms with E-state index in [-0.39, 0.29) is 25.0 Å². The second-order valence-electron chi connectivity index (χ2n) is 3.63. The van der Waals surface area contributed by atoms with Crippen LogP contribution in [0.5, 0.6) is 0 Å². The van der Waals surface area contributed by atoms with E-state index in [0.29, 0.717) is 6.61 Å². The van der Waals surface area contributed by atoms with Crippen molar-refractivity contribution < 1.29 is 19.4 Å². The van der Waals surface area contributed by atoms with Crippen LogP contribution in [0.25, 0.3) is 0 Å². The van der Waals surface area contributed by atoms with Crippen molar-refractivity contribution in [3.8, 4) is 0 Å². The third-order valence-corrected chi connectivity index (χ3v) is 2.48. The summed E-state index contributed by atoms with van der Waals surface area (Å²) >= 11 is 0. The number of carbonyl (C=O) groups excluding carboxylic acids is 1. The molecule has 1 heterocycles. The Hall–Kier alpha value is -1.14. The lowest BCUT2D eigenvalue weighted by Gasteiger charge is -2.36. The number of ether oxygens (including phenoxy) is 1. The van der Waals surface area contributed by atoms with Crippen molar-refractivity contribution >= 4 is 11.9 Å². The van der Waals surface area contributed by atoms with Crippen LogP contribution >= 0.6 is 0 Å². The Morgan fingerprint density at radius 3 is 3.00 bits per heavy atom. The van der Waals surface area contributed by atoms with Gasteiger partial charge in [0.2, 0.25) is 5.91 Å². The second kappa shape index (κ2) is 5.09. The lowest BCUT2D eigenvalue weighted by Crippen LogP contribution is -2.60. The number of amides is 1. The Morgan fingerprint density at radius 2 is 2.47 bits per heavy atom. The van der Waals surface area contributed by atoms with Gasteiger partial charge in [-0.2, -0.15) is 0 Å². The molecule has 0 bridgehead atoms. The summed E-state index contributed by atoms with van der Waals surface area (Å²) in [4.78, 5) is 23.8. The van der Waals surface area contributed by atoms with E-state index in [1.54, 1.807) is 12.0 Å². The van der Waals surface area contributed by atoms with E-state index < -0.39 is 12.0 Å². The SMILES string of the molecule is COCC(C)N1CC(=O)NCC1C(=O)O. The van der Waals surface area contributed by atoms with E-state index in [1.807, 2.05) is 6.92 Å². The van der Waals surface area contributed by atoms with Gasteiger partial charge in [0.1, 0.15) is 6.04 Å². The summed E-state index contributed by atoms with van der Waals surface area (Å²) in [6.07, 6.45) is 0. The van der Waals surface area contributed by atoms with E-state index in [9.17, 15) is 9.59 Å². The molecule has 6 heteroatoms. The molecule has 0 spiro atoms. The summed E-state index contributed by atoms with van der Waals surface area (Å²) in [5.41, 5.74) is 0. The number of aliphatic carboxylic acids is 1. The normalized spacial score (nSPS) is 24.7. The van der Waals surface area contributed by atoms with E-state index >= 15 is 0 Å². The number of nitrogens with one attached hydrogen (secondary N) is 1. The molecule has 1 aliphatic heterocycles. The Bertz CT molecular complexity index is 256. The van der Waals surface area contributed by atoms with Gasteiger partial charge in [-0.05, 0) is 6.92 Å². The predicted molar refractivity (Wildman–Crippen MR) is 52.5 cm³/mol. The third kappa shape index (κ3) is 2.90. The molecule has 1 rings (SSSR count). The fraction of sp³-hybridized carbons (Fsp3) is 0.778. The van der Waals surface area contributed by atoms with Crippen LogP contribution < -0.4 is 5.32 Å². The van der Waals surface area contributed by atoms with E-state index in [2.05, 4.69) is 5.32 Å². The average molecular weight is 216 g/mol. The molecule has 0 aromatic carbocycles. The Kier molecular flexibility index (Phi) is 4.05. The Balaban J connectivity index is 2.69. The minimum Gasteiger partial charge on any atom is -0.480 e. The molecule has 0 aromatic heterocycles. The highest BCUT2D eigenvalue weighted by Crippen LogP contribution is 2.09. The molecule has 0 saturated carbocycles. The molecular weight excluding hydrogens is 200 g/mol. The van der Waals surface area contributed by atoms with Gasteiger partial charge in [-0.25, -0.2) is 0 Å². The molecule has 6 nitrogen and oxygen atoms in total. The molecule has 15 heavy (non-hydrogen) atoms. The summed E-state index contributed by atoms with van der Waals surface area (Å²) in [6.45, 7) is 2.53. The molecule has 0 aliphatic carbocycles. The number of nitrogens with zero attached hydrogens (tertiary/aromatic N) is 1. The van der Waals surface area contributed by atoms with Crippen LogP contribution in [-0.2, 0) is 14.3 Å². The summed E-state index contributed by atoms with van der Waals surface area (Å²) in [6, 6.07) is -0.741. The van der Waals surface area contributed by atoms with Crippen LogP contribution in [-0.4, -0.2) is 60.8 Å². The lowest BCUT2D eigenvalue weighted by molar-refractivity contribution is -0.147. The molecule has 0 aromatic rings. The number of piperazine rings is 1. The first-order valence-corrected chi connectivity index (χ1v) is 4.80. The van der Waals surface area contributed by atoms with Gasteiger partial charge in [0, 0.05) is 19.7 Å². The van der Waals surface area contributed by atoms with Gasteiger partial charge in [-0.15, -0.1) is 0 Å². The number of carbonyl (C=O) groups is 2. The van der Waals surface area contributed by atoms with E-state index in [1.165, 1.54) is 0 Å². The highest BCUT2D eigenvalue weighted by atomic mass is 16.5. The van der Waals surface area contributed by atoms with Crippen molar-refractivity contribution in [1.29, 1.82) is 0 Å². The number of hydrogen-bond donors (Lipinski definition) is 2. The van der Waals surface area contributed by atoms with Gasteiger partial charge >= 0.3 is 5.97 Å². The van der Waals surface area contributed by atoms with Crippen LogP contribution in [0, 0.1) is 0 Å². The van der Waals surface area contributed by atoms with Crippen molar-refractivity contribution in [2.45, 2.75) is 19.0 Å². The summed E-state index contributed by atoms with van der Waals surface area (Å²) in [7, 11) is 1.55. The minimum absolute atomic E-state index is 0.0813. The molecule has 1 amide bonds. The molecule has 86 valence electrons.